The molecule has 1 aromatic rings. The SMILES string of the molecule is O=C(CCN1CCCC(CNC(=O)C2CCCN2)C1)Nc1ccc(F)cc1. The zero-order valence-corrected chi connectivity index (χ0v) is 15.7. The number of hydrogen-bond acceptors (Lipinski definition) is 4. The summed E-state index contributed by atoms with van der Waals surface area (Å²) in [6.45, 7) is 4.22. The molecule has 7 heteroatoms. The summed E-state index contributed by atoms with van der Waals surface area (Å²) in [5.74, 6) is 0.167. The Balaban J connectivity index is 1.35. The van der Waals surface area contributed by atoms with Crippen LogP contribution in [0.1, 0.15) is 32.1 Å². The summed E-state index contributed by atoms with van der Waals surface area (Å²) in [4.78, 5) is 26.5. The van der Waals surface area contributed by atoms with Gasteiger partial charge >= 0.3 is 0 Å². The van der Waals surface area contributed by atoms with Gasteiger partial charge in [-0.1, -0.05) is 0 Å². The Kier molecular flexibility index (Phi) is 7.18. The van der Waals surface area contributed by atoms with Gasteiger partial charge in [-0.25, -0.2) is 4.39 Å². The van der Waals surface area contributed by atoms with E-state index in [1.54, 1.807) is 12.1 Å². The van der Waals surface area contributed by atoms with Gasteiger partial charge in [-0.15, -0.1) is 0 Å². The number of nitrogens with one attached hydrogen (secondary N) is 3. The summed E-state index contributed by atoms with van der Waals surface area (Å²) >= 11 is 0. The van der Waals surface area contributed by atoms with Crippen LogP contribution in [-0.2, 0) is 9.59 Å². The Morgan fingerprint density at radius 1 is 1.19 bits per heavy atom. The van der Waals surface area contributed by atoms with E-state index in [-0.39, 0.29) is 23.7 Å². The van der Waals surface area contributed by atoms with Crippen LogP contribution in [0, 0.1) is 11.7 Å². The lowest BCUT2D eigenvalue weighted by molar-refractivity contribution is -0.123. The monoisotopic (exact) mass is 376 g/mol. The number of nitrogens with zero attached hydrogens (tertiary/aromatic N) is 1. The predicted octanol–water partition coefficient (Wildman–Crippen LogP) is 1.73. The van der Waals surface area contributed by atoms with Gasteiger partial charge in [0, 0.05) is 31.7 Å². The second-order valence-electron chi connectivity index (χ2n) is 7.51. The van der Waals surface area contributed by atoms with Crippen molar-refractivity contribution in [3.05, 3.63) is 30.1 Å². The third kappa shape index (κ3) is 6.29. The minimum atomic E-state index is -0.317. The van der Waals surface area contributed by atoms with Gasteiger partial charge < -0.3 is 20.9 Å². The molecule has 0 aromatic heterocycles. The van der Waals surface area contributed by atoms with Gasteiger partial charge in [-0.05, 0) is 69.0 Å². The van der Waals surface area contributed by atoms with Crippen LogP contribution in [0.4, 0.5) is 10.1 Å². The molecule has 2 unspecified atom stereocenters. The molecule has 27 heavy (non-hydrogen) atoms. The van der Waals surface area contributed by atoms with Gasteiger partial charge in [0.2, 0.25) is 11.8 Å². The number of carbonyl (C=O) groups is 2. The maximum atomic E-state index is 12.9. The fourth-order valence-corrected chi connectivity index (χ4v) is 3.81. The van der Waals surface area contributed by atoms with E-state index in [2.05, 4.69) is 20.9 Å². The Morgan fingerprint density at radius 2 is 2.00 bits per heavy atom. The van der Waals surface area contributed by atoms with E-state index >= 15 is 0 Å². The highest BCUT2D eigenvalue weighted by Gasteiger charge is 2.24. The average Bonchev–Trinajstić information content (AvgIpc) is 3.22. The number of rotatable bonds is 7. The summed E-state index contributed by atoms with van der Waals surface area (Å²) < 4.78 is 12.9. The molecule has 3 rings (SSSR count). The number of halogens is 1. The average molecular weight is 376 g/mol. The fourth-order valence-electron chi connectivity index (χ4n) is 3.81. The van der Waals surface area contributed by atoms with Crippen molar-refractivity contribution in [2.45, 2.75) is 38.1 Å². The molecule has 0 saturated carbocycles. The summed E-state index contributed by atoms with van der Waals surface area (Å²) in [5, 5.41) is 9.09. The topological polar surface area (TPSA) is 73.5 Å². The number of hydrogen-bond donors (Lipinski definition) is 3. The van der Waals surface area contributed by atoms with E-state index in [1.807, 2.05) is 0 Å². The van der Waals surface area contributed by atoms with Crippen LogP contribution in [-0.4, -0.2) is 55.5 Å². The standard InChI is InChI=1S/C20H29FN4O2/c21-16-5-7-17(8-6-16)24-19(26)9-12-25-11-2-3-15(14-25)13-23-20(27)18-4-1-10-22-18/h5-8,15,18,22H,1-4,9-14H2,(H,23,27)(H,24,26). The molecular formula is C20H29FN4O2. The van der Waals surface area contributed by atoms with Crippen molar-refractivity contribution in [2.75, 3.05) is 38.0 Å². The fraction of sp³-hybridized carbons (Fsp3) is 0.600. The first kappa shape index (κ1) is 19.8. The number of benzene rings is 1. The second kappa shape index (κ2) is 9.80. The van der Waals surface area contributed by atoms with Crippen molar-refractivity contribution in [1.29, 1.82) is 0 Å². The molecule has 1 aromatic carbocycles. The Hall–Kier alpha value is -1.99. The Morgan fingerprint density at radius 3 is 2.74 bits per heavy atom. The van der Waals surface area contributed by atoms with E-state index in [0.29, 0.717) is 31.1 Å². The van der Waals surface area contributed by atoms with Gasteiger partial charge in [0.05, 0.1) is 6.04 Å². The molecular weight excluding hydrogens is 347 g/mol. The van der Waals surface area contributed by atoms with Crippen LogP contribution in [0.2, 0.25) is 0 Å². The van der Waals surface area contributed by atoms with Gasteiger partial charge in [0.15, 0.2) is 0 Å². The first-order chi connectivity index (χ1) is 13.1. The highest BCUT2D eigenvalue weighted by atomic mass is 19.1. The summed E-state index contributed by atoms with van der Waals surface area (Å²) in [5.41, 5.74) is 0.612. The van der Waals surface area contributed by atoms with Crippen molar-refractivity contribution < 1.29 is 14.0 Å². The number of amides is 2. The van der Waals surface area contributed by atoms with Gasteiger partial charge in [-0.2, -0.15) is 0 Å². The zero-order valence-electron chi connectivity index (χ0n) is 15.7. The summed E-state index contributed by atoms with van der Waals surface area (Å²) in [6.07, 6.45) is 4.59. The smallest absolute Gasteiger partial charge is 0.237 e. The van der Waals surface area contributed by atoms with Gasteiger partial charge in [-0.3, -0.25) is 9.59 Å². The molecule has 3 N–H and O–H groups in total. The molecule has 2 saturated heterocycles. The first-order valence-electron chi connectivity index (χ1n) is 9.89. The van der Waals surface area contributed by atoms with Crippen molar-refractivity contribution in [3.8, 4) is 0 Å². The molecule has 6 nitrogen and oxygen atoms in total. The number of piperidine rings is 1. The second-order valence-corrected chi connectivity index (χ2v) is 7.51. The van der Waals surface area contributed by atoms with Crippen LogP contribution < -0.4 is 16.0 Å². The largest absolute Gasteiger partial charge is 0.354 e. The maximum absolute atomic E-state index is 12.9. The molecule has 0 radical (unpaired) electrons. The minimum Gasteiger partial charge on any atom is -0.354 e. The van der Waals surface area contributed by atoms with Crippen molar-refractivity contribution >= 4 is 17.5 Å². The number of likely N-dealkylation sites (tertiary alicyclic amines) is 1. The predicted molar refractivity (Wildman–Crippen MR) is 103 cm³/mol. The lowest BCUT2D eigenvalue weighted by atomic mass is 9.97. The van der Waals surface area contributed by atoms with E-state index in [0.717, 1.165) is 45.3 Å². The Labute approximate surface area is 159 Å². The van der Waals surface area contributed by atoms with E-state index < -0.39 is 0 Å². The van der Waals surface area contributed by atoms with E-state index in [4.69, 9.17) is 0 Å². The zero-order chi connectivity index (χ0) is 19.1. The maximum Gasteiger partial charge on any atom is 0.237 e. The van der Waals surface area contributed by atoms with Crippen LogP contribution in [0.15, 0.2) is 24.3 Å². The minimum absolute atomic E-state index is 0.0279. The number of carbonyl (C=O) groups excluding carboxylic acids is 2. The molecule has 2 heterocycles. The quantitative estimate of drug-likeness (QED) is 0.678. The van der Waals surface area contributed by atoms with E-state index in [1.165, 1.54) is 12.1 Å². The highest BCUT2D eigenvalue weighted by molar-refractivity contribution is 5.90. The van der Waals surface area contributed by atoms with Crippen LogP contribution in [0.5, 0.6) is 0 Å². The molecule has 148 valence electrons. The van der Waals surface area contributed by atoms with Crippen LogP contribution in [0.3, 0.4) is 0 Å². The van der Waals surface area contributed by atoms with Gasteiger partial charge in [0.25, 0.3) is 0 Å². The molecule has 2 amide bonds. The molecule has 0 aliphatic carbocycles. The molecule has 2 aliphatic heterocycles. The molecule has 2 atom stereocenters. The molecule has 0 spiro atoms. The third-order valence-electron chi connectivity index (χ3n) is 5.33. The normalized spacial score (nSPS) is 23.1. The molecule has 0 bridgehead atoms. The van der Waals surface area contributed by atoms with Crippen LogP contribution in [0.25, 0.3) is 0 Å². The third-order valence-corrected chi connectivity index (χ3v) is 5.33. The van der Waals surface area contributed by atoms with Gasteiger partial charge in [0.1, 0.15) is 5.82 Å². The van der Waals surface area contributed by atoms with E-state index in [9.17, 15) is 14.0 Å². The lowest BCUT2D eigenvalue weighted by Crippen LogP contribution is -2.45. The molecule has 2 aliphatic rings. The lowest BCUT2D eigenvalue weighted by Gasteiger charge is -2.32. The summed E-state index contributed by atoms with van der Waals surface area (Å²) in [6, 6.07) is 5.76. The first-order valence-corrected chi connectivity index (χ1v) is 9.89. The van der Waals surface area contributed by atoms with Crippen molar-refractivity contribution in [3.63, 3.8) is 0 Å². The number of anilines is 1. The Bertz CT molecular complexity index is 631. The highest BCUT2D eigenvalue weighted by Crippen LogP contribution is 2.17. The summed E-state index contributed by atoms with van der Waals surface area (Å²) in [7, 11) is 0. The molecule has 2 fully saturated rings. The van der Waals surface area contributed by atoms with Crippen molar-refractivity contribution in [2.24, 2.45) is 5.92 Å². The van der Waals surface area contributed by atoms with Crippen molar-refractivity contribution in [1.82, 2.24) is 15.5 Å². The van der Waals surface area contributed by atoms with Crippen LogP contribution >= 0.6 is 0 Å².